The van der Waals surface area contributed by atoms with Crippen LogP contribution in [0.2, 0.25) is 0 Å². The second kappa shape index (κ2) is 12.0. The van der Waals surface area contributed by atoms with Crippen molar-refractivity contribution >= 4 is 33.0 Å². The SMILES string of the molecule is c1ccc2c(c1)-c1ccccc1C21c2ccccc2-c2ccc(-c3nc(-c4ccc(-c5nc6ccccc6o5)cc4)nc(-c4cccc5oc6ccccc6c45)n3)cc21. The summed E-state index contributed by atoms with van der Waals surface area (Å²) in [7, 11) is 0. The first-order chi connectivity index (χ1) is 29.2. The Morgan fingerprint density at radius 3 is 1.58 bits per heavy atom. The predicted molar refractivity (Wildman–Crippen MR) is 233 cm³/mol. The highest BCUT2D eigenvalue weighted by atomic mass is 16.3. The molecule has 0 saturated carbocycles. The summed E-state index contributed by atoms with van der Waals surface area (Å²) in [5.41, 5.74) is 16.3. The number of fused-ring (bicyclic) bond motifs is 14. The molecule has 2 aliphatic rings. The van der Waals surface area contributed by atoms with Crippen LogP contribution in [0.1, 0.15) is 22.3 Å². The molecule has 11 aromatic rings. The first-order valence-corrected chi connectivity index (χ1v) is 19.8. The molecule has 3 aromatic heterocycles. The molecule has 0 atom stereocenters. The highest BCUT2D eigenvalue weighted by molar-refractivity contribution is 6.11. The number of furan rings is 1. The van der Waals surface area contributed by atoms with Crippen LogP contribution in [0, 0.1) is 0 Å². The van der Waals surface area contributed by atoms with Crippen molar-refractivity contribution in [3.8, 4) is 67.9 Å². The third-order valence-electron chi connectivity index (χ3n) is 12.2. The first-order valence-electron chi connectivity index (χ1n) is 19.8. The van der Waals surface area contributed by atoms with Gasteiger partial charge in [-0.3, -0.25) is 0 Å². The molecule has 8 aromatic carbocycles. The van der Waals surface area contributed by atoms with E-state index in [0.29, 0.717) is 23.4 Å². The maximum Gasteiger partial charge on any atom is 0.227 e. The molecule has 3 heterocycles. The maximum absolute atomic E-state index is 6.33. The third kappa shape index (κ3) is 4.51. The zero-order chi connectivity index (χ0) is 38.7. The van der Waals surface area contributed by atoms with Gasteiger partial charge in [0.05, 0.1) is 5.41 Å². The maximum atomic E-state index is 6.33. The van der Waals surface area contributed by atoms with E-state index in [1.165, 1.54) is 44.5 Å². The van der Waals surface area contributed by atoms with E-state index in [0.717, 1.165) is 55.3 Å². The standard InChI is InChI=1S/C53H30N4O2/c1-5-17-40-34(12-1)35-13-2-6-18-41(35)53(40)42-19-7-3-14-36(42)37-29-28-33(30-43(37)53)50-55-49(31-24-26-32(27-25-31)52-54-44-20-8-10-22-46(44)59-52)56-51(57-50)39-16-11-23-47-48(39)38-15-4-9-21-45(38)58-47/h1-30H. The zero-order valence-corrected chi connectivity index (χ0v) is 31.4. The van der Waals surface area contributed by atoms with Crippen LogP contribution in [-0.2, 0) is 5.41 Å². The Morgan fingerprint density at radius 2 is 0.864 bits per heavy atom. The molecule has 0 saturated heterocycles. The van der Waals surface area contributed by atoms with E-state index < -0.39 is 5.41 Å². The molecule has 59 heavy (non-hydrogen) atoms. The van der Waals surface area contributed by atoms with Gasteiger partial charge in [-0.15, -0.1) is 0 Å². The van der Waals surface area contributed by atoms with Crippen LogP contribution in [0.25, 0.3) is 101 Å². The zero-order valence-electron chi connectivity index (χ0n) is 31.4. The van der Waals surface area contributed by atoms with Gasteiger partial charge in [-0.1, -0.05) is 140 Å². The fourth-order valence-corrected chi connectivity index (χ4v) is 9.71. The highest BCUT2D eigenvalue weighted by Crippen LogP contribution is 2.63. The summed E-state index contributed by atoms with van der Waals surface area (Å²) in [6.45, 7) is 0. The fraction of sp³-hybridized carbons (Fsp3) is 0.0189. The summed E-state index contributed by atoms with van der Waals surface area (Å²) < 4.78 is 12.4. The predicted octanol–water partition coefficient (Wildman–Crippen LogP) is 12.9. The number of rotatable bonds is 4. The van der Waals surface area contributed by atoms with Gasteiger partial charge in [0, 0.05) is 33.0 Å². The molecule has 0 aliphatic heterocycles. The van der Waals surface area contributed by atoms with Gasteiger partial charge >= 0.3 is 0 Å². The van der Waals surface area contributed by atoms with Crippen molar-refractivity contribution in [2.24, 2.45) is 0 Å². The van der Waals surface area contributed by atoms with Crippen LogP contribution in [-0.4, -0.2) is 19.9 Å². The van der Waals surface area contributed by atoms with Crippen molar-refractivity contribution in [2.75, 3.05) is 0 Å². The van der Waals surface area contributed by atoms with Gasteiger partial charge in [-0.25, -0.2) is 19.9 Å². The normalized spacial score (nSPS) is 13.2. The van der Waals surface area contributed by atoms with Gasteiger partial charge < -0.3 is 8.83 Å². The van der Waals surface area contributed by atoms with Crippen molar-refractivity contribution in [1.29, 1.82) is 0 Å². The quantitative estimate of drug-likeness (QED) is 0.178. The van der Waals surface area contributed by atoms with Gasteiger partial charge in [0.15, 0.2) is 23.1 Å². The lowest BCUT2D eigenvalue weighted by Gasteiger charge is -2.30. The Hall–Kier alpha value is -7.96. The Balaban J connectivity index is 1.03. The molecule has 0 bridgehead atoms. The van der Waals surface area contributed by atoms with Crippen LogP contribution < -0.4 is 0 Å². The van der Waals surface area contributed by atoms with Crippen molar-refractivity contribution in [3.63, 3.8) is 0 Å². The van der Waals surface area contributed by atoms with E-state index in [-0.39, 0.29) is 0 Å². The number of para-hydroxylation sites is 3. The Morgan fingerprint density at radius 1 is 0.339 bits per heavy atom. The lowest BCUT2D eigenvalue weighted by atomic mass is 9.70. The average molecular weight is 755 g/mol. The van der Waals surface area contributed by atoms with Crippen LogP contribution >= 0.6 is 0 Å². The van der Waals surface area contributed by atoms with Crippen LogP contribution in [0.15, 0.2) is 191 Å². The highest BCUT2D eigenvalue weighted by Gasteiger charge is 2.51. The van der Waals surface area contributed by atoms with E-state index in [1.807, 2.05) is 78.9 Å². The molecule has 6 nitrogen and oxygen atoms in total. The summed E-state index contributed by atoms with van der Waals surface area (Å²) in [6, 6.07) is 63.4. The van der Waals surface area contributed by atoms with Crippen molar-refractivity contribution in [2.45, 2.75) is 5.41 Å². The number of nitrogens with zero attached hydrogens (tertiary/aromatic N) is 4. The molecule has 2 aliphatic carbocycles. The molecule has 0 fully saturated rings. The van der Waals surface area contributed by atoms with E-state index in [1.54, 1.807) is 0 Å². The molecule has 0 amide bonds. The second-order valence-corrected chi connectivity index (χ2v) is 15.3. The summed E-state index contributed by atoms with van der Waals surface area (Å²) in [4.78, 5) is 20.5. The van der Waals surface area contributed by atoms with Gasteiger partial charge in [0.2, 0.25) is 5.89 Å². The monoisotopic (exact) mass is 754 g/mol. The number of benzene rings is 8. The van der Waals surface area contributed by atoms with E-state index in [4.69, 9.17) is 28.8 Å². The molecule has 6 heteroatoms. The molecular formula is C53H30N4O2. The topological polar surface area (TPSA) is 77.8 Å². The van der Waals surface area contributed by atoms with E-state index in [2.05, 4.69) is 103 Å². The van der Waals surface area contributed by atoms with Gasteiger partial charge in [0.25, 0.3) is 0 Å². The summed E-state index contributed by atoms with van der Waals surface area (Å²) >= 11 is 0. The number of hydrogen-bond donors (Lipinski definition) is 0. The third-order valence-corrected chi connectivity index (χ3v) is 12.2. The molecule has 274 valence electrons. The molecule has 13 rings (SSSR count). The molecule has 1 spiro atoms. The Labute approximate surface area is 338 Å². The molecule has 0 unspecified atom stereocenters. The lowest BCUT2D eigenvalue weighted by Crippen LogP contribution is -2.25. The van der Waals surface area contributed by atoms with Crippen molar-refractivity contribution in [3.05, 3.63) is 204 Å². The fourth-order valence-electron chi connectivity index (χ4n) is 9.71. The van der Waals surface area contributed by atoms with Gasteiger partial charge in [0.1, 0.15) is 16.7 Å². The molecule has 0 radical (unpaired) electrons. The minimum absolute atomic E-state index is 0.490. The van der Waals surface area contributed by atoms with Crippen LogP contribution in [0.5, 0.6) is 0 Å². The minimum Gasteiger partial charge on any atom is -0.456 e. The largest absolute Gasteiger partial charge is 0.456 e. The summed E-state index contributed by atoms with van der Waals surface area (Å²) in [5.74, 6) is 2.29. The first kappa shape index (κ1) is 32.2. The van der Waals surface area contributed by atoms with E-state index >= 15 is 0 Å². The van der Waals surface area contributed by atoms with Crippen molar-refractivity contribution < 1.29 is 8.83 Å². The summed E-state index contributed by atoms with van der Waals surface area (Å²) in [6.07, 6.45) is 0. The van der Waals surface area contributed by atoms with Gasteiger partial charge in [-0.2, -0.15) is 0 Å². The smallest absolute Gasteiger partial charge is 0.227 e. The Bertz CT molecular complexity index is 3430. The summed E-state index contributed by atoms with van der Waals surface area (Å²) in [5, 5.41) is 1.99. The Kier molecular flexibility index (Phi) is 6.55. The molecular weight excluding hydrogens is 725 g/mol. The van der Waals surface area contributed by atoms with Crippen LogP contribution in [0.3, 0.4) is 0 Å². The number of aromatic nitrogens is 4. The van der Waals surface area contributed by atoms with Gasteiger partial charge in [-0.05, 0) is 87.0 Å². The lowest BCUT2D eigenvalue weighted by molar-refractivity contribution is 0.620. The molecule has 0 N–H and O–H groups in total. The van der Waals surface area contributed by atoms with Crippen LogP contribution in [0.4, 0.5) is 0 Å². The minimum atomic E-state index is -0.490. The number of oxazole rings is 1. The van der Waals surface area contributed by atoms with E-state index in [9.17, 15) is 0 Å². The number of hydrogen-bond acceptors (Lipinski definition) is 6. The average Bonchev–Trinajstić information content (AvgIpc) is 4.06. The second-order valence-electron chi connectivity index (χ2n) is 15.3. The van der Waals surface area contributed by atoms with Crippen molar-refractivity contribution in [1.82, 2.24) is 19.9 Å².